The normalized spacial score (nSPS) is 9.58. The highest BCUT2D eigenvalue weighted by atomic mass is 16.5. The zero-order valence-electron chi connectivity index (χ0n) is 7.29. The molecular formula is C7H11N3O2. The van der Waals surface area contributed by atoms with Crippen molar-refractivity contribution < 1.29 is 9.32 Å². The van der Waals surface area contributed by atoms with Crippen molar-refractivity contribution in [2.24, 2.45) is 0 Å². The van der Waals surface area contributed by atoms with Gasteiger partial charge in [0.1, 0.15) is 5.76 Å². The van der Waals surface area contributed by atoms with Crippen molar-refractivity contribution in [1.29, 1.82) is 0 Å². The van der Waals surface area contributed by atoms with Crippen molar-refractivity contribution in [2.45, 2.75) is 6.92 Å². The Balaban J connectivity index is 2.77. The number of anilines is 1. The Morgan fingerprint density at radius 2 is 2.42 bits per heavy atom. The average molecular weight is 169 g/mol. The minimum atomic E-state index is -0.219. The molecule has 0 aliphatic carbocycles. The number of hydrogen-bond acceptors (Lipinski definition) is 3. The van der Waals surface area contributed by atoms with Gasteiger partial charge in [0.05, 0.1) is 0 Å². The van der Waals surface area contributed by atoms with Crippen LogP contribution in [0.15, 0.2) is 10.6 Å². The summed E-state index contributed by atoms with van der Waals surface area (Å²) in [5, 5.41) is 6.15. The number of hydrogen-bond donors (Lipinski definition) is 1. The molecule has 0 aromatic carbocycles. The number of nitrogens with one attached hydrogen (secondary N) is 1. The second-order valence-corrected chi connectivity index (χ2v) is 2.41. The third kappa shape index (κ3) is 1.55. The first-order valence-electron chi connectivity index (χ1n) is 3.54. The second kappa shape index (κ2) is 3.25. The highest BCUT2D eigenvalue weighted by molar-refractivity contribution is 5.89. The van der Waals surface area contributed by atoms with E-state index in [0.717, 1.165) is 0 Å². The lowest BCUT2D eigenvalue weighted by atomic mass is 10.5. The number of carbonyl (C=O) groups is 1. The van der Waals surface area contributed by atoms with Crippen LogP contribution in [0.4, 0.5) is 10.6 Å². The Hall–Kier alpha value is -1.52. The van der Waals surface area contributed by atoms with Crippen molar-refractivity contribution >= 4 is 11.8 Å². The Morgan fingerprint density at radius 3 is 2.83 bits per heavy atom. The molecule has 0 unspecified atom stereocenters. The third-order valence-electron chi connectivity index (χ3n) is 1.48. The van der Waals surface area contributed by atoms with Crippen molar-refractivity contribution in [3.8, 4) is 0 Å². The lowest BCUT2D eigenvalue weighted by Crippen LogP contribution is -2.34. The minimum absolute atomic E-state index is 0.219. The smallest absolute Gasteiger partial charge is 0.322 e. The number of carbonyl (C=O) groups excluding carboxylic acids is 1. The van der Waals surface area contributed by atoms with E-state index in [0.29, 0.717) is 11.6 Å². The Kier molecular flexibility index (Phi) is 2.32. The van der Waals surface area contributed by atoms with E-state index in [1.54, 1.807) is 27.1 Å². The topological polar surface area (TPSA) is 58.4 Å². The van der Waals surface area contributed by atoms with Crippen LogP contribution in [-0.4, -0.2) is 25.3 Å². The number of aromatic nitrogens is 1. The highest BCUT2D eigenvalue weighted by Crippen LogP contribution is 2.11. The monoisotopic (exact) mass is 169 g/mol. The summed E-state index contributed by atoms with van der Waals surface area (Å²) in [6, 6.07) is 1.47. The van der Waals surface area contributed by atoms with Crippen molar-refractivity contribution in [2.75, 3.05) is 19.0 Å². The average Bonchev–Trinajstić information content (AvgIpc) is 2.49. The van der Waals surface area contributed by atoms with Gasteiger partial charge >= 0.3 is 6.03 Å². The van der Waals surface area contributed by atoms with Crippen molar-refractivity contribution in [1.82, 2.24) is 10.5 Å². The van der Waals surface area contributed by atoms with Crippen LogP contribution in [0.1, 0.15) is 5.76 Å². The summed E-state index contributed by atoms with van der Waals surface area (Å²) >= 11 is 0. The molecule has 1 N–H and O–H groups in total. The molecule has 66 valence electrons. The van der Waals surface area contributed by atoms with E-state index in [1.807, 2.05) is 0 Å². The van der Waals surface area contributed by atoms with E-state index in [1.165, 1.54) is 4.90 Å². The van der Waals surface area contributed by atoms with Crippen LogP contribution in [0.3, 0.4) is 0 Å². The predicted octanol–water partition coefficient (Wildman–Crippen LogP) is 0.759. The first-order chi connectivity index (χ1) is 5.65. The number of urea groups is 1. The molecule has 5 nitrogen and oxygen atoms in total. The lowest BCUT2D eigenvalue weighted by molar-refractivity contribution is 0.249. The quantitative estimate of drug-likeness (QED) is 0.675. The van der Waals surface area contributed by atoms with Crippen molar-refractivity contribution in [3.05, 3.63) is 11.8 Å². The molecule has 0 spiro atoms. The first kappa shape index (κ1) is 8.58. The molecule has 0 bridgehead atoms. The summed E-state index contributed by atoms with van der Waals surface area (Å²) < 4.78 is 4.81. The van der Waals surface area contributed by atoms with Gasteiger partial charge < -0.3 is 9.84 Å². The molecular weight excluding hydrogens is 158 g/mol. The molecule has 0 saturated carbocycles. The van der Waals surface area contributed by atoms with Crippen LogP contribution < -0.4 is 10.2 Å². The van der Waals surface area contributed by atoms with Gasteiger partial charge in [-0.05, 0) is 6.92 Å². The van der Waals surface area contributed by atoms with Crippen LogP contribution in [0, 0.1) is 6.92 Å². The van der Waals surface area contributed by atoms with E-state index >= 15 is 0 Å². The molecule has 2 amide bonds. The van der Waals surface area contributed by atoms with Crippen molar-refractivity contribution in [3.63, 3.8) is 0 Å². The van der Waals surface area contributed by atoms with Crippen LogP contribution in [-0.2, 0) is 0 Å². The fourth-order valence-corrected chi connectivity index (χ4v) is 0.783. The maximum Gasteiger partial charge on any atom is 0.322 e. The predicted molar refractivity (Wildman–Crippen MR) is 44.1 cm³/mol. The maximum atomic E-state index is 11.1. The highest BCUT2D eigenvalue weighted by Gasteiger charge is 2.11. The molecule has 5 heteroatoms. The summed E-state index contributed by atoms with van der Waals surface area (Å²) in [6.07, 6.45) is 0. The number of rotatable bonds is 1. The Bertz CT molecular complexity index is 282. The lowest BCUT2D eigenvalue weighted by Gasteiger charge is -2.11. The van der Waals surface area contributed by atoms with Gasteiger partial charge in [0.25, 0.3) is 0 Å². The minimum Gasteiger partial charge on any atom is -0.360 e. The molecule has 1 aromatic rings. The second-order valence-electron chi connectivity index (χ2n) is 2.41. The van der Waals surface area contributed by atoms with Crippen LogP contribution in [0.25, 0.3) is 0 Å². The van der Waals surface area contributed by atoms with Gasteiger partial charge in [0.2, 0.25) is 0 Å². The summed E-state index contributed by atoms with van der Waals surface area (Å²) in [5.41, 5.74) is 0. The summed E-state index contributed by atoms with van der Waals surface area (Å²) in [4.78, 5) is 12.4. The van der Waals surface area contributed by atoms with Gasteiger partial charge in [-0.2, -0.15) is 0 Å². The number of nitrogens with zero attached hydrogens (tertiary/aromatic N) is 2. The fourth-order valence-electron chi connectivity index (χ4n) is 0.783. The molecule has 0 aliphatic rings. The van der Waals surface area contributed by atoms with Crippen LogP contribution >= 0.6 is 0 Å². The Morgan fingerprint density at radius 1 is 1.75 bits per heavy atom. The third-order valence-corrected chi connectivity index (χ3v) is 1.48. The SMILES string of the molecule is CNC(=O)N(C)c1cc(C)on1. The largest absolute Gasteiger partial charge is 0.360 e. The maximum absolute atomic E-state index is 11.1. The van der Waals surface area contributed by atoms with E-state index < -0.39 is 0 Å². The van der Waals surface area contributed by atoms with Gasteiger partial charge in [-0.25, -0.2) is 4.79 Å². The van der Waals surface area contributed by atoms with Gasteiger partial charge in [-0.15, -0.1) is 0 Å². The molecule has 0 radical (unpaired) electrons. The molecule has 0 saturated heterocycles. The molecule has 0 aliphatic heterocycles. The van der Waals surface area contributed by atoms with Gasteiger partial charge in [-0.1, -0.05) is 5.16 Å². The van der Waals surface area contributed by atoms with E-state index in [-0.39, 0.29) is 6.03 Å². The fraction of sp³-hybridized carbons (Fsp3) is 0.429. The molecule has 1 rings (SSSR count). The zero-order chi connectivity index (χ0) is 9.14. The first-order valence-corrected chi connectivity index (χ1v) is 3.54. The van der Waals surface area contributed by atoms with E-state index in [9.17, 15) is 4.79 Å². The molecule has 1 aromatic heterocycles. The standard InChI is InChI=1S/C7H11N3O2/c1-5-4-6(9-12-5)10(3)7(11)8-2/h4H,1-3H3,(H,8,11). The molecule has 12 heavy (non-hydrogen) atoms. The van der Waals surface area contributed by atoms with Crippen LogP contribution in [0.2, 0.25) is 0 Å². The van der Waals surface area contributed by atoms with Crippen LogP contribution in [0.5, 0.6) is 0 Å². The van der Waals surface area contributed by atoms with Gasteiger partial charge in [0, 0.05) is 20.2 Å². The summed E-state index contributed by atoms with van der Waals surface area (Å²) in [7, 11) is 3.18. The van der Waals surface area contributed by atoms with Gasteiger partial charge in [0.15, 0.2) is 5.82 Å². The van der Waals surface area contributed by atoms with E-state index in [4.69, 9.17) is 4.52 Å². The zero-order valence-corrected chi connectivity index (χ0v) is 7.29. The number of aryl methyl sites for hydroxylation is 1. The Labute approximate surface area is 70.3 Å². The molecule has 1 heterocycles. The number of amides is 2. The van der Waals surface area contributed by atoms with E-state index in [2.05, 4.69) is 10.5 Å². The van der Waals surface area contributed by atoms with Gasteiger partial charge in [-0.3, -0.25) is 4.90 Å². The summed E-state index contributed by atoms with van der Waals surface area (Å²) in [6.45, 7) is 1.77. The summed E-state index contributed by atoms with van der Waals surface area (Å²) in [5.74, 6) is 1.19. The molecule has 0 fully saturated rings. The molecule has 0 atom stereocenters.